The van der Waals surface area contributed by atoms with Crippen LogP contribution >= 0.6 is 27.5 Å². The fraction of sp³-hybridized carbons (Fsp3) is 0.294. The molecule has 0 atom stereocenters. The van der Waals surface area contributed by atoms with Gasteiger partial charge in [-0.25, -0.2) is 13.1 Å². The lowest BCUT2D eigenvalue weighted by atomic mass is 10.0. The van der Waals surface area contributed by atoms with Crippen molar-refractivity contribution < 1.29 is 8.42 Å². The first-order chi connectivity index (χ1) is 10.6. The second-order valence-electron chi connectivity index (χ2n) is 6.29. The SMILES string of the molecule is CC(C)(C)NS(=O)(=O)c1ccccc1-c1ccc(CBr)c(Cl)c1. The zero-order valence-corrected chi connectivity index (χ0v) is 16.4. The van der Waals surface area contributed by atoms with Crippen molar-refractivity contribution in [2.45, 2.75) is 36.5 Å². The molecule has 0 bridgehead atoms. The molecule has 124 valence electrons. The van der Waals surface area contributed by atoms with Gasteiger partial charge in [0.25, 0.3) is 0 Å². The Labute approximate surface area is 151 Å². The summed E-state index contributed by atoms with van der Waals surface area (Å²) in [7, 11) is -3.63. The van der Waals surface area contributed by atoms with Crippen molar-refractivity contribution >= 4 is 37.6 Å². The van der Waals surface area contributed by atoms with Gasteiger partial charge in [-0.1, -0.05) is 57.9 Å². The summed E-state index contributed by atoms with van der Waals surface area (Å²) in [5, 5.41) is 1.26. The Morgan fingerprint density at radius 2 is 1.78 bits per heavy atom. The van der Waals surface area contributed by atoms with Crippen molar-refractivity contribution in [1.82, 2.24) is 4.72 Å². The molecule has 0 radical (unpaired) electrons. The molecule has 0 heterocycles. The maximum Gasteiger partial charge on any atom is 0.241 e. The van der Waals surface area contributed by atoms with E-state index >= 15 is 0 Å². The third-order valence-corrected chi connectivity index (χ3v) is 5.90. The molecule has 0 unspecified atom stereocenters. The Bertz CT molecular complexity index is 814. The Morgan fingerprint density at radius 3 is 2.35 bits per heavy atom. The lowest BCUT2D eigenvalue weighted by Gasteiger charge is -2.21. The van der Waals surface area contributed by atoms with Gasteiger partial charge in [0.1, 0.15) is 0 Å². The second kappa shape index (κ2) is 6.93. The Morgan fingerprint density at radius 1 is 1.13 bits per heavy atom. The van der Waals surface area contributed by atoms with Crippen LogP contribution in [-0.4, -0.2) is 14.0 Å². The lowest BCUT2D eigenvalue weighted by Crippen LogP contribution is -2.40. The number of sulfonamides is 1. The van der Waals surface area contributed by atoms with Crippen molar-refractivity contribution in [3.8, 4) is 11.1 Å². The maximum absolute atomic E-state index is 12.7. The minimum absolute atomic E-state index is 0.248. The number of hydrogen-bond acceptors (Lipinski definition) is 2. The Balaban J connectivity index is 2.56. The van der Waals surface area contributed by atoms with Crippen LogP contribution in [0.1, 0.15) is 26.3 Å². The summed E-state index contributed by atoms with van der Waals surface area (Å²) in [5.74, 6) is 0. The highest BCUT2D eigenvalue weighted by atomic mass is 79.9. The van der Waals surface area contributed by atoms with E-state index in [1.807, 2.05) is 39.0 Å². The quantitative estimate of drug-likeness (QED) is 0.715. The molecule has 2 aromatic carbocycles. The van der Waals surface area contributed by atoms with Crippen LogP contribution in [0.25, 0.3) is 11.1 Å². The van der Waals surface area contributed by atoms with Crippen molar-refractivity contribution in [2.24, 2.45) is 0 Å². The average molecular weight is 417 g/mol. The molecular formula is C17H19BrClNO2S. The van der Waals surface area contributed by atoms with Crippen LogP contribution in [0.3, 0.4) is 0 Å². The third kappa shape index (κ3) is 4.57. The molecular weight excluding hydrogens is 398 g/mol. The van der Waals surface area contributed by atoms with Gasteiger partial charge < -0.3 is 0 Å². The molecule has 0 aliphatic carbocycles. The molecule has 0 spiro atoms. The molecule has 2 rings (SSSR count). The number of alkyl halides is 1. The van der Waals surface area contributed by atoms with Gasteiger partial charge in [-0.2, -0.15) is 0 Å². The number of hydrogen-bond donors (Lipinski definition) is 1. The normalized spacial score (nSPS) is 12.4. The third-order valence-electron chi connectivity index (χ3n) is 3.13. The zero-order valence-electron chi connectivity index (χ0n) is 13.2. The molecule has 3 nitrogen and oxygen atoms in total. The van der Waals surface area contributed by atoms with Crippen LogP contribution in [0, 0.1) is 0 Å². The van der Waals surface area contributed by atoms with Crippen LogP contribution in [-0.2, 0) is 15.4 Å². The fourth-order valence-electron chi connectivity index (χ4n) is 2.22. The molecule has 0 saturated carbocycles. The lowest BCUT2D eigenvalue weighted by molar-refractivity contribution is 0.491. The minimum Gasteiger partial charge on any atom is -0.207 e. The van der Waals surface area contributed by atoms with E-state index in [4.69, 9.17) is 11.6 Å². The second-order valence-corrected chi connectivity index (χ2v) is 8.91. The molecule has 0 aliphatic rings. The standard InChI is InChI=1S/C17H19BrClNO2S/c1-17(2,3)20-23(21,22)16-7-5-4-6-14(16)12-8-9-13(11-18)15(19)10-12/h4-10,20H,11H2,1-3H3. The van der Waals surface area contributed by atoms with E-state index in [1.165, 1.54) is 0 Å². The summed E-state index contributed by atoms with van der Waals surface area (Å²) in [6, 6.07) is 12.5. The molecule has 0 amide bonds. The summed E-state index contributed by atoms with van der Waals surface area (Å²) in [6.45, 7) is 5.44. The Hall–Kier alpha value is -0.880. The Kier molecular flexibility index (Phi) is 5.56. The van der Waals surface area contributed by atoms with Gasteiger partial charge in [-0.3, -0.25) is 0 Å². The van der Waals surface area contributed by atoms with Gasteiger partial charge in [-0.15, -0.1) is 0 Å². The highest BCUT2D eigenvalue weighted by Gasteiger charge is 2.24. The number of rotatable bonds is 4. The van der Waals surface area contributed by atoms with Crippen LogP contribution < -0.4 is 4.72 Å². The molecule has 6 heteroatoms. The zero-order chi connectivity index (χ0) is 17.3. The number of benzene rings is 2. The van der Waals surface area contributed by atoms with E-state index < -0.39 is 15.6 Å². The minimum atomic E-state index is -3.63. The van der Waals surface area contributed by atoms with E-state index in [1.54, 1.807) is 24.3 Å². The molecule has 0 aliphatic heterocycles. The van der Waals surface area contributed by atoms with Crippen LogP contribution in [0.5, 0.6) is 0 Å². The van der Waals surface area contributed by atoms with Gasteiger partial charge in [0, 0.05) is 21.5 Å². The van der Waals surface area contributed by atoms with Gasteiger partial charge in [0.15, 0.2) is 0 Å². The summed E-state index contributed by atoms with van der Waals surface area (Å²) >= 11 is 9.64. The molecule has 2 aromatic rings. The largest absolute Gasteiger partial charge is 0.241 e. The van der Waals surface area contributed by atoms with Crippen molar-refractivity contribution in [2.75, 3.05) is 0 Å². The summed E-state index contributed by atoms with van der Waals surface area (Å²) in [6.07, 6.45) is 0. The van der Waals surface area contributed by atoms with Crippen LogP contribution in [0.4, 0.5) is 0 Å². The summed E-state index contributed by atoms with van der Waals surface area (Å²) < 4.78 is 28.1. The van der Waals surface area contributed by atoms with Gasteiger partial charge in [-0.05, 0) is 44.0 Å². The van der Waals surface area contributed by atoms with Crippen LogP contribution in [0.2, 0.25) is 5.02 Å². The molecule has 0 fully saturated rings. The average Bonchev–Trinajstić information content (AvgIpc) is 2.44. The topological polar surface area (TPSA) is 46.2 Å². The molecule has 0 aromatic heterocycles. The van der Waals surface area contributed by atoms with Gasteiger partial charge in [0.05, 0.1) is 4.90 Å². The first-order valence-electron chi connectivity index (χ1n) is 7.12. The smallest absolute Gasteiger partial charge is 0.207 e. The first-order valence-corrected chi connectivity index (χ1v) is 10.1. The van der Waals surface area contributed by atoms with E-state index in [2.05, 4.69) is 20.7 Å². The van der Waals surface area contributed by atoms with Crippen LogP contribution in [0.15, 0.2) is 47.4 Å². The van der Waals surface area contributed by atoms with Crippen molar-refractivity contribution in [3.63, 3.8) is 0 Å². The fourth-order valence-corrected chi connectivity index (χ4v) is 4.77. The monoisotopic (exact) mass is 415 g/mol. The van der Waals surface area contributed by atoms with E-state index in [-0.39, 0.29) is 4.90 Å². The van der Waals surface area contributed by atoms with E-state index in [0.29, 0.717) is 15.9 Å². The summed E-state index contributed by atoms with van der Waals surface area (Å²) in [4.78, 5) is 0.248. The van der Waals surface area contributed by atoms with E-state index in [9.17, 15) is 8.42 Å². The van der Waals surface area contributed by atoms with Crippen molar-refractivity contribution in [3.05, 3.63) is 53.1 Å². The van der Waals surface area contributed by atoms with Crippen molar-refractivity contribution in [1.29, 1.82) is 0 Å². The van der Waals surface area contributed by atoms with E-state index in [0.717, 1.165) is 11.1 Å². The molecule has 1 N–H and O–H groups in total. The predicted molar refractivity (Wildman–Crippen MR) is 99.6 cm³/mol. The highest BCUT2D eigenvalue weighted by Crippen LogP contribution is 2.31. The molecule has 0 saturated heterocycles. The van der Waals surface area contributed by atoms with Gasteiger partial charge >= 0.3 is 0 Å². The molecule has 23 heavy (non-hydrogen) atoms. The predicted octanol–water partition coefficient (Wildman–Crippen LogP) is 4.98. The van der Waals surface area contributed by atoms with Gasteiger partial charge in [0.2, 0.25) is 10.0 Å². The number of halogens is 2. The highest BCUT2D eigenvalue weighted by molar-refractivity contribution is 9.08. The first kappa shape index (κ1) is 18.5. The number of nitrogens with one attached hydrogen (secondary N) is 1. The summed E-state index contributed by atoms with van der Waals surface area (Å²) in [5.41, 5.74) is 1.81. The maximum atomic E-state index is 12.7.